The molecule has 0 aliphatic rings. The van der Waals surface area contributed by atoms with E-state index in [1.54, 1.807) is 12.1 Å². The molecule has 0 radical (unpaired) electrons. The minimum atomic E-state index is -0.542. The normalized spacial score (nSPS) is 10.8. The Morgan fingerprint density at radius 3 is 1.73 bits per heavy atom. The molecule has 1 heterocycles. The van der Waals surface area contributed by atoms with E-state index in [9.17, 15) is 14.7 Å². The van der Waals surface area contributed by atoms with Crippen molar-refractivity contribution in [3.05, 3.63) is 102 Å². The van der Waals surface area contributed by atoms with Gasteiger partial charge in [0, 0.05) is 47.8 Å². The Hall–Kier alpha value is -5.57. The highest BCUT2D eigenvalue weighted by Crippen LogP contribution is 2.40. The van der Waals surface area contributed by atoms with Crippen LogP contribution in [0.5, 0.6) is 5.75 Å². The second-order valence-electron chi connectivity index (χ2n) is 9.13. The van der Waals surface area contributed by atoms with Crippen molar-refractivity contribution in [2.24, 2.45) is 0 Å². The molecule has 1 aromatic heterocycles. The molecule has 0 fully saturated rings. The molecule has 40 heavy (non-hydrogen) atoms. The Labute approximate surface area is 231 Å². The molecule has 0 unspecified atom stereocenters. The van der Waals surface area contributed by atoms with Crippen molar-refractivity contribution >= 4 is 23.2 Å². The molecule has 0 saturated carbocycles. The van der Waals surface area contributed by atoms with Crippen molar-refractivity contribution < 1.29 is 14.7 Å². The van der Waals surface area contributed by atoms with Crippen molar-refractivity contribution in [1.29, 1.82) is 0 Å². The van der Waals surface area contributed by atoms with Gasteiger partial charge in [0.2, 0.25) is 0 Å². The van der Waals surface area contributed by atoms with Crippen LogP contribution in [0.25, 0.3) is 39.6 Å². The van der Waals surface area contributed by atoms with Gasteiger partial charge in [-0.25, -0.2) is 4.98 Å². The number of aromatic hydroxyl groups is 1. The summed E-state index contributed by atoms with van der Waals surface area (Å²) in [6, 6.07) is 27.5. The van der Waals surface area contributed by atoms with Crippen LogP contribution in [0.3, 0.4) is 0 Å². The lowest BCUT2D eigenvalue weighted by molar-refractivity contribution is 0.0958. The summed E-state index contributed by atoms with van der Waals surface area (Å²) in [4.78, 5) is 30.6. The number of aromatic nitrogens is 2. The quantitative estimate of drug-likeness (QED) is 0.204. The van der Waals surface area contributed by atoms with E-state index in [0.717, 1.165) is 22.5 Å². The fraction of sp³-hybridized carbons (Fsp3) is 0.0645. The van der Waals surface area contributed by atoms with Crippen LogP contribution in [-0.2, 0) is 0 Å². The van der Waals surface area contributed by atoms with E-state index in [1.807, 2.05) is 71.3 Å². The zero-order valence-electron chi connectivity index (χ0n) is 22.0. The number of phenolic OH excluding ortho intramolecular Hbond substituents is 1. The monoisotopic (exact) mass is 532 g/mol. The minimum absolute atomic E-state index is 0.0516. The molecule has 0 bridgehead atoms. The zero-order chi connectivity index (χ0) is 28.4. The van der Waals surface area contributed by atoms with Crippen LogP contribution in [-0.4, -0.2) is 40.6 Å². The summed E-state index contributed by atoms with van der Waals surface area (Å²) in [5, 5.41) is 15.9. The SMILES string of the molecule is CNC(=O)c1cc(-c2nc(-c3ccc(N)cc3)c(-c3ccc(N)cc3)n2-c2ccccc2)cc(C(=O)NC)c1O. The Morgan fingerprint density at radius 2 is 1.23 bits per heavy atom. The molecule has 200 valence electrons. The molecule has 0 spiro atoms. The molecule has 7 N–H and O–H groups in total. The van der Waals surface area contributed by atoms with Gasteiger partial charge in [-0.15, -0.1) is 0 Å². The van der Waals surface area contributed by atoms with E-state index >= 15 is 0 Å². The van der Waals surface area contributed by atoms with Crippen LogP contribution in [0.4, 0.5) is 11.4 Å². The number of nitrogens with two attached hydrogens (primary N) is 2. The zero-order valence-corrected chi connectivity index (χ0v) is 22.0. The van der Waals surface area contributed by atoms with Gasteiger partial charge < -0.3 is 27.2 Å². The van der Waals surface area contributed by atoms with E-state index in [-0.39, 0.29) is 11.1 Å². The number of nitrogens with one attached hydrogen (secondary N) is 2. The molecule has 0 atom stereocenters. The maximum atomic E-state index is 12.8. The van der Waals surface area contributed by atoms with Gasteiger partial charge in [-0.05, 0) is 48.5 Å². The van der Waals surface area contributed by atoms with Gasteiger partial charge >= 0.3 is 0 Å². The molecular weight excluding hydrogens is 504 g/mol. The van der Waals surface area contributed by atoms with Crippen molar-refractivity contribution in [2.45, 2.75) is 0 Å². The van der Waals surface area contributed by atoms with Crippen LogP contribution in [0, 0.1) is 0 Å². The molecule has 5 rings (SSSR count). The van der Waals surface area contributed by atoms with Crippen LogP contribution >= 0.6 is 0 Å². The average molecular weight is 533 g/mol. The van der Waals surface area contributed by atoms with Crippen molar-refractivity contribution in [2.75, 3.05) is 25.6 Å². The summed E-state index contributed by atoms with van der Waals surface area (Å²) in [6.07, 6.45) is 0. The van der Waals surface area contributed by atoms with Crippen LogP contribution in [0.2, 0.25) is 0 Å². The number of phenols is 1. The van der Waals surface area contributed by atoms with E-state index < -0.39 is 17.6 Å². The van der Waals surface area contributed by atoms with Gasteiger partial charge in [0.25, 0.3) is 11.8 Å². The number of para-hydroxylation sites is 1. The summed E-state index contributed by atoms with van der Waals surface area (Å²) in [6.45, 7) is 0. The lowest BCUT2D eigenvalue weighted by atomic mass is 10.0. The molecule has 0 aliphatic heterocycles. The maximum Gasteiger partial charge on any atom is 0.254 e. The molecule has 2 amide bonds. The molecule has 0 saturated heterocycles. The highest BCUT2D eigenvalue weighted by Gasteiger charge is 2.26. The number of nitrogens with zero attached hydrogens (tertiary/aromatic N) is 2. The third-order valence-electron chi connectivity index (χ3n) is 6.57. The lowest BCUT2D eigenvalue weighted by Gasteiger charge is -2.15. The average Bonchev–Trinajstić information content (AvgIpc) is 3.38. The van der Waals surface area contributed by atoms with Crippen molar-refractivity contribution in [1.82, 2.24) is 20.2 Å². The number of amides is 2. The van der Waals surface area contributed by atoms with E-state index in [4.69, 9.17) is 16.5 Å². The number of anilines is 2. The largest absolute Gasteiger partial charge is 0.506 e. The van der Waals surface area contributed by atoms with E-state index in [1.165, 1.54) is 26.2 Å². The smallest absolute Gasteiger partial charge is 0.254 e. The number of hydrogen-bond donors (Lipinski definition) is 5. The number of carbonyl (C=O) groups excluding carboxylic acids is 2. The van der Waals surface area contributed by atoms with Gasteiger partial charge in [-0.2, -0.15) is 0 Å². The minimum Gasteiger partial charge on any atom is -0.506 e. The van der Waals surface area contributed by atoms with Crippen molar-refractivity contribution in [3.63, 3.8) is 0 Å². The molecule has 4 aromatic carbocycles. The fourth-order valence-electron chi connectivity index (χ4n) is 4.57. The highest BCUT2D eigenvalue weighted by molar-refractivity contribution is 6.05. The van der Waals surface area contributed by atoms with Gasteiger partial charge in [-0.1, -0.05) is 42.5 Å². The maximum absolute atomic E-state index is 12.8. The Bertz CT molecular complexity index is 1670. The number of nitrogen functional groups attached to an aromatic ring is 2. The summed E-state index contributed by atoms with van der Waals surface area (Å²) in [7, 11) is 2.91. The van der Waals surface area contributed by atoms with Crippen molar-refractivity contribution in [3.8, 4) is 45.3 Å². The molecule has 9 heteroatoms. The summed E-state index contributed by atoms with van der Waals surface area (Å²) < 4.78 is 1.96. The van der Waals surface area contributed by atoms with Gasteiger partial charge in [-0.3, -0.25) is 14.2 Å². The highest BCUT2D eigenvalue weighted by atomic mass is 16.3. The van der Waals surface area contributed by atoms with Crippen LogP contribution in [0.1, 0.15) is 20.7 Å². The Kier molecular flexibility index (Phi) is 6.94. The molecular formula is C31H28N6O3. The standard InChI is InChI=1S/C31H28N6O3/c1-34-30(39)24-16-20(17-25(28(24)38)31(40)35-2)29-36-26(18-8-12-21(32)13-9-18)27(19-10-14-22(33)15-11-19)37(29)23-6-4-3-5-7-23/h3-17,38H,32-33H2,1-2H3,(H,34,39)(H,35,40). The van der Waals surface area contributed by atoms with E-state index in [0.29, 0.717) is 28.5 Å². The topological polar surface area (TPSA) is 148 Å². The fourth-order valence-corrected chi connectivity index (χ4v) is 4.57. The van der Waals surface area contributed by atoms with Gasteiger partial charge in [0.1, 0.15) is 11.6 Å². The summed E-state index contributed by atoms with van der Waals surface area (Å²) in [5.74, 6) is -1.04. The third-order valence-corrected chi connectivity index (χ3v) is 6.57. The number of hydrogen-bond acceptors (Lipinski definition) is 6. The number of carbonyl (C=O) groups is 2. The number of benzene rings is 4. The van der Waals surface area contributed by atoms with Crippen LogP contribution in [0.15, 0.2) is 91.0 Å². The molecule has 5 aromatic rings. The Balaban J connectivity index is 1.91. The Morgan fingerprint density at radius 1 is 0.725 bits per heavy atom. The van der Waals surface area contributed by atoms with Gasteiger partial charge in [0.15, 0.2) is 0 Å². The molecule has 9 nitrogen and oxygen atoms in total. The second kappa shape index (κ2) is 10.7. The third kappa shape index (κ3) is 4.71. The second-order valence-corrected chi connectivity index (χ2v) is 9.13. The summed E-state index contributed by atoms with van der Waals surface area (Å²) >= 11 is 0. The first-order valence-corrected chi connectivity index (χ1v) is 12.5. The van der Waals surface area contributed by atoms with Gasteiger partial charge in [0.05, 0.1) is 22.5 Å². The number of imidazole rings is 1. The number of rotatable bonds is 6. The predicted octanol–water partition coefficient (Wildman–Crippen LogP) is 4.46. The first-order chi connectivity index (χ1) is 19.3. The summed E-state index contributed by atoms with van der Waals surface area (Å²) in [5.41, 5.74) is 17.5. The lowest BCUT2D eigenvalue weighted by Crippen LogP contribution is -2.22. The predicted molar refractivity (Wildman–Crippen MR) is 157 cm³/mol. The van der Waals surface area contributed by atoms with Crippen LogP contribution < -0.4 is 22.1 Å². The first kappa shape index (κ1) is 26.1. The van der Waals surface area contributed by atoms with E-state index in [2.05, 4.69) is 10.6 Å². The molecule has 0 aliphatic carbocycles. The first-order valence-electron chi connectivity index (χ1n) is 12.5.